The highest BCUT2D eigenvalue weighted by molar-refractivity contribution is 4.80. The van der Waals surface area contributed by atoms with Gasteiger partial charge in [0.05, 0.1) is 6.07 Å². The third-order valence-corrected chi connectivity index (χ3v) is 1.88. The maximum absolute atomic E-state index is 8.35. The van der Waals surface area contributed by atoms with E-state index in [4.69, 9.17) is 5.26 Å². The quantitative estimate of drug-likeness (QED) is 0.528. The van der Waals surface area contributed by atoms with E-state index in [0.29, 0.717) is 12.3 Å². The molecule has 0 aromatic heterocycles. The first-order valence-corrected chi connectivity index (χ1v) is 3.35. The summed E-state index contributed by atoms with van der Waals surface area (Å²) in [5.74, 6) is 0.502. The predicted octanol–water partition coefficient (Wildman–Crippen LogP) is 2.58. The van der Waals surface area contributed by atoms with Gasteiger partial charge in [-0.2, -0.15) is 5.26 Å². The molecule has 1 atom stereocenters. The number of nitrogens with zero attached hydrogens (tertiary/aromatic N) is 1. The maximum atomic E-state index is 8.35. The molecule has 0 unspecified atom stereocenters. The Morgan fingerprint density at radius 3 is 2.00 bits per heavy atom. The van der Waals surface area contributed by atoms with Gasteiger partial charge < -0.3 is 0 Å². The molecule has 0 rings (SSSR count). The molecule has 0 saturated carbocycles. The van der Waals surface area contributed by atoms with Crippen LogP contribution in [0.3, 0.4) is 0 Å². The van der Waals surface area contributed by atoms with Crippen LogP contribution in [0.2, 0.25) is 0 Å². The summed E-state index contributed by atoms with van der Waals surface area (Å²) in [7, 11) is 0. The molecule has 0 aromatic carbocycles. The van der Waals surface area contributed by atoms with Gasteiger partial charge >= 0.3 is 0 Å². The molecule has 0 aliphatic rings. The fourth-order valence-corrected chi connectivity index (χ4v) is 0.443. The van der Waals surface area contributed by atoms with Gasteiger partial charge in [0.15, 0.2) is 0 Å². The van der Waals surface area contributed by atoms with E-state index in [-0.39, 0.29) is 5.41 Å². The SMILES string of the molecule is C[C@@H](CC#N)C(C)(C)C. The maximum Gasteiger partial charge on any atom is 0.0624 e. The standard InChI is InChI=1S/C8H15N/c1-7(5-6-9)8(2,3)4/h7H,5H2,1-4H3/t7-/m0/s1. The first kappa shape index (κ1) is 8.49. The molecule has 0 radical (unpaired) electrons. The molecule has 9 heavy (non-hydrogen) atoms. The largest absolute Gasteiger partial charge is 0.198 e. The Bertz CT molecular complexity index is 114. The van der Waals surface area contributed by atoms with Crippen LogP contribution in [0.15, 0.2) is 0 Å². The van der Waals surface area contributed by atoms with Gasteiger partial charge in [0, 0.05) is 6.42 Å². The van der Waals surface area contributed by atoms with Gasteiger partial charge in [0.2, 0.25) is 0 Å². The van der Waals surface area contributed by atoms with Crippen molar-refractivity contribution in [3.05, 3.63) is 0 Å². The smallest absolute Gasteiger partial charge is 0.0624 e. The normalized spacial score (nSPS) is 14.6. The Morgan fingerprint density at radius 2 is 1.89 bits per heavy atom. The van der Waals surface area contributed by atoms with E-state index in [1.807, 2.05) is 0 Å². The number of rotatable bonds is 1. The average molecular weight is 125 g/mol. The van der Waals surface area contributed by atoms with Crippen LogP contribution in [-0.2, 0) is 0 Å². The fraction of sp³-hybridized carbons (Fsp3) is 0.875. The number of hydrogen-bond donors (Lipinski definition) is 0. The van der Waals surface area contributed by atoms with Crippen LogP contribution in [0.4, 0.5) is 0 Å². The molecule has 0 heterocycles. The molecule has 52 valence electrons. The van der Waals surface area contributed by atoms with Gasteiger partial charge in [-0.3, -0.25) is 0 Å². The Labute approximate surface area is 57.7 Å². The summed E-state index contributed by atoms with van der Waals surface area (Å²) in [6.07, 6.45) is 0.670. The van der Waals surface area contributed by atoms with Crippen molar-refractivity contribution in [2.45, 2.75) is 34.1 Å². The first-order chi connectivity index (χ1) is 3.98. The Morgan fingerprint density at radius 1 is 1.44 bits per heavy atom. The monoisotopic (exact) mass is 125 g/mol. The molecular weight excluding hydrogens is 110 g/mol. The Hall–Kier alpha value is -0.510. The van der Waals surface area contributed by atoms with E-state index < -0.39 is 0 Å². The van der Waals surface area contributed by atoms with Crippen molar-refractivity contribution in [3.63, 3.8) is 0 Å². The van der Waals surface area contributed by atoms with E-state index >= 15 is 0 Å². The van der Waals surface area contributed by atoms with Crippen molar-refractivity contribution in [2.75, 3.05) is 0 Å². The second kappa shape index (κ2) is 2.87. The lowest BCUT2D eigenvalue weighted by atomic mass is 9.80. The molecule has 0 spiro atoms. The second-order valence-corrected chi connectivity index (χ2v) is 3.63. The molecule has 0 saturated heterocycles. The Balaban J connectivity index is 3.76. The van der Waals surface area contributed by atoms with Crippen LogP contribution in [0.1, 0.15) is 34.1 Å². The van der Waals surface area contributed by atoms with E-state index in [9.17, 15) is 0 Å². The molecule has 1 heteroatoms. The van der Waals surface area contributed by atoms with Crippen LogP contribution >= 0.6 is 0 Å². The van der Waals surface area contributed by atoms with Gasteiger partial charge in [-0.1, -0.05) is 27.7 Å². The molecule has 0 aliphatic heterocycles. The van der Waals surface area contributed by atoms with E-state index in [1.54, 1.807) is 0 Å². The molecule has 0 bridgehead atoms. The molecule has 1 nitrogen and oxygen atoms in total. The highest BCUT2D eigenvalue weighted by Crippen LogP contribution is 2.27. The van der Waals surface area contributed by atoms with Crippen LogP contribution in [0.5, 0.6) is 0 Å². The van der Waals surface area contributed by atoms with Crippen LogP contribution in [-0.4, -0.2) is 0 Å². The van der Waals surface area contributed by atoms with Gasteiger partial charge in [-0.15, -0.1) is 0 Å². The van der Waals surface area contributed by atoms with Crippen molar-refractivity contribution in [3.8, 4) is 6.07 Å². The molecule has 0 N–H and O–H groups in total. The molecule has 0 fully saturated rings. The highest BCUT2D eigenvalue weighted by atomic mass is 14.3. The third kappa shape index (κ3) is 3.13. The highest BCUT2D eigenvalue weighted by Gasteiger charge is 2.18. The molecule has 0 aromatic rings. The van der Waals surface area contributed by atoms with Gasteiger partial charge in [-0.25, -0.2) is 0 Å². The van der Waals surface area contributed by atoms with E-state index in [1.165, 1.54) is 0 Å². The Kier molecular flexibility index (Phi) is 2.70. The predicted molar refractivity (Wildman–Crippen MR) is 38.8 cm³/mol. The molecule has 0 aliphatic carbocycles. The summed E-state index contributed by atoms with van der Waals surface area (Å²) in [5.41, 5.74) is 0.287. The minimum atomic E-state index is 0.287. The summed E-state index contributed by atoms with van der Waals surface area (Å²) in [5, 5.41) is 8.35. The summed E-state index contributed by atoms with van der Waals surface area (Å²) in [4.78, 5) is 0. The van der Waals surface area contributed by atoms with Gasteiger partial charge in [0.1, 0.15) is 0 Å². The average Bonchev–Trinajstić information content (AvgIpc) is 1.64. The van der Waals surface area contributed by atoms with Gasteiger partial charge in [0.25, 0.3) is 0 Å². The van der Waals surface area contributed by atoms with E-state index in [0.717, 1.165) is 0 Å². The first-order valence-electron chi connectivity index (χ1n) is 3.35. The number of hydrogen-bond acceptors (Lipinski definition) is 1. The van der Waals surface area contributed by atoms with E-state index in [2.05, 4.69) is 33.8 Å². The lowest BCUT2D eigenvalue weighted by Crippen LogP contribution is -2.16. The topological polar surface area (TPSA) is 23.8 Å². The third-order valence-electron chi connectivity index (χ3n) is 1.88. The second-order valence-electron chi connectivity index (χ2n) is 3.63. The summed E-state index contributed by atoms with van der Waals surface area (Å²) in [6.45, 7) is 8.60. The van der Waals surface area contributed by atoms with Crippen LogP contribution < -0.4 is 0 Å². The fourth-order valence-electron chi connectivity index (χ4n) is 0.443. The van der Waals surface area contributed by atoms with Gasteiger partial charge in [-0.05, 0) is 11.3 Å². The summed E-state index contributed by atoms with van der Waals surface area (Å²) in [6, 6.07) is 2.17. The van der Waals surface area contributed by atoms with Crippen LogP contribution in [0, 0.1) is 22.7 Å². The molecule has 0 amide bonds. The minimum absolute atomic E-state index is 0.287. The summed E-state index contributed by atoms with van der Waals surface area (Å²) < 4.78 is 0. The minimum Gasteiger partial charge on any atom is -0.198 e. The lowest BCUT2D eigenvalue weighted by molar-refractivity contribution is 0.266. The zero-order valence-electron chi connectivity index (χ0n) is 6.73. The van der Waals surface area contributed by atoms with Crippen molar-refractivity contribution < 1.29 is 0 Å². The lowest BCUT2D eigenvalue weighted by Gasteiger charge is -2.24. The summed E-state index contributed by atoms with van der Waals surface area (Å²) >= 11 is 0. The van der Waals surface area contributed by atoms with Crippen molar-refractivity contribution >= 4 is 0 Å². The van der Waals surface area contributed by atoms with Crippen molar-refractivity contribution in [2.24, 2.45) is 11.3 Å². The van der Waals surface area contributed by atoms with Crippen molar-refractivity contribution in [1.82, 2.24) is 0 Å². The van der Waals surface area contributed by atoms with Crippen LogP contribution in [0.25, 0.3) is 0 Å². The number of nitriles is 1. The molecular formula is C8H15N. The zero-order valence-corrected chi connectivity index (χ0v) is 6.73. The van der Waals surface area contributed by atoms with Crippen molar-refractivity contribution in [1.29, 1.82) is 5.26 Å². The zero-order chi connectivity index (χ0) is 7.49.